The molecule has 0 unspecified atom stereocenters. The average Bonchev–Trinajstić information content (AvgIpc) is 0.729. The molecule has 0 bridgehead atoms. The van der Waals surface area contributed by atoms with Crippen LogP contribution in [0.2, 0.25) is 0 Å². The second kappa shape index (κ2) is 57.0. The summed E-state index contributed by atoms with van der Waals surface area (Å²) in [5, 5.41) is 0. The molecule has 113 heavy (non-hydrogen) atoms. The number of carbonyl (C=O) groups excluding carboxylic acids is 5. The van der Waals surface area contributed by atoms with Crippen LogP contribution >= 0.6 is 0 Å². The van der Waals surface area contributed by atoms with E-state index in [0.29, 0.717) is 127 Å². The first-order chi connectivity index (χ1) is 55.4. The first-order valence-corrected chi connectivity index (χ1v) is 45.6. The van der Waals surface area contributed by atoms with Crippen molar-refractivity contribution in [3.05, 3.63) is 68.8 Å². The Bertz CT molecular complexity index is 3420. The molecule has 2 aliphatic rings. The van der Waals surface area contributed by atoms with E-state index < -0.39 is 17.5 Å². The zero-order valence-electron chi connectivity index (χ0n) is 72.1. The standard InChI is InChI=1S/C96H148O17/c1-11-21-31-36-43-50-62-104-77-68-72-81(94(111-66-54-47-40-35-25-15-5)90(77)108-64-52-45-38-33-23-13-3)85(98)73-69-78(105-63-51-44-37-32-22-12-2)91(109-65-53-46-39-34-24-14-4)95(82(73)86(72)99)112-67-55-48-41-42-49-56-80(97)113-96-84-75(71-79(103-58-27-17-7)92(96)107-60-29-19-9)87(100)83-74(88(84)101)70-76(102-57-26-16-6)89(106-59-28-18-8)93(83)110-61-30-20-10/h68-71H,11-67H2,1-10H3. The van der Waals surface area contributed by atoms with Crippen molar-refractivity contribution in [2.24, 2.45) is 0 Å². The normalized spacial score (nSPS) is 12.2. The Labute approximate surface area is 681 Å². The van der Waals surface area contributed by atoms with Crippen LogP contribution in [-0.2, 0) is 4.79 Å². The van der Waals surface area contributed by atoms with Gasteiger partial charge in [-0.05, 0) is 101 Å². The molecule has 6 rings (SSSR count). The summed E-state index contributed by atoms with van der Waals surface area (Å²) in [5.41, 5.74) is 0.708. The molecule has 0 atom stereocenters. The lowest BCUT2D eigenvalue weighted by Crippen LogP contribution is -2.25. The quantitative estimate of drug-likeness (QED) is 0.0198. The van der Waals surface area contributed by atoms with Gasteiger partial charge in [-0.1, -0.05) is 281 Å². The van der Waals surface area contributed by atoms with Crippen LogP contribution in [0, 0.1) is 0 Å². The molecule has 0 N–H and O–H groups in total. The van der Waals surface area contributed by atoms with Crippen molar-refractivity contribution in [1.82, 2.24) is 0 Å². The highest BCUT2D eigenvalue weighted by Gasteiger charge is 2.43. The Morgan fingerprint density at radius 2 is 0.381 bits per heavy atom. The molecule has 17 nitrogen and oxygen atoms in total. The third-order valence-electron chi connectivity index (χ3n) is 21.2. The topological polar surface area (TPSA) is 196 Å². The number of benzene rings is 4. The molecular weight excluding hydrogens is 1430 g/mol. The smallest absolute Gasteiger partial charge is 0.311 e. The van der Waals surface area contributed by atoms with E-state index >= 15 is 19.2 Å². The Morgan fingerprint density at radius 3 is 0.628 bits per heavy atom. The van der Waals surface area contributed by atoms with Gasteiger partial charge in [0.1, 0.15) is 0 Å². The zero-order valence-corrected chi connectivity index (χ0v) is 72.1. The molecule has 4 aromatic carbocycles. The highest BCUT2D eigenvalue weighted by molar-refractivity contribution is 6.32. The maximum absolute atomic E-state index is 16.0. The fraction of sp³-hybridized carbons (Fsp3) is 0.698. The Morgan fingerprint density at radius 1 is 0.204 bits per heavy atom. The number of rotatable bonds is 70. The first kappa shape index (κ1) is 94.7. The molecule has 0 aromatic heterocycles. The summed E-state index contributed by atoms with van der Waals surface area (Å²) in [4.78, 5) is 77.3. The van der Waals surface area contributed by atoms with Crippen LogP contribution in [0.1, 0.15) is 428 Å². The van der Waals surface area contributed by atoms with Gasteiger partial charge in [0.15, 0.2) is 69.1 Å². The van der Waals surface area contributed by atoms with E-state index in [0.717, 1.165) is 199 Å². The van der Waals surface area contributed by atoms with Gasteiger partial charge in [0.05, 0.1) is 94.9 Å². The predicted molar refractivity (Wildman–Crippen MR) is 455 cm³/mol. The highest BCUT2D eigenvalue weighted by atomic mass is 16.6. The van der Waals surface area contributed by atoms with Crippen molar-refractivity contribution >= 4 is 29.1 Å². The van der Waals surface area contributed by atoms with Crippen molar-refractivity contribution in [2.45, 2.75) is 365 Å². The summed E-state index contributed by atoms with van der Waals surface area (Å²) in [6.07, 6.45) is 42.7. The molecule has 17 heteroatoms. The number of ketones is 4. The van der Waals surface area contributed by atoms with Crippen LogP contribution in [-0.4, -0.2) is 102 Å². The summed E-state index contributed by atoms with van der Waals surface area (Å²) < 4.78 is 79.5. The Kier molecular flexibility index (Phi) is 47.7. The van der Waals surface area contributed by atoms with Gasteiger partial charge in [-0.25, -0.2) is 0 Å². The van der Waals surface area contributed by atoms with Crippen LogP contribution in [0.4, 0.5) is 0 Å². The maximum Gasteiger partial charge on any atom is 0.311 e. The Balaban J connectivity index is 1.34. The first-order valence-electron chi connectivity index (χ1n) is 45.6. The number of esters is 1. The van der Waals surface area contributed by atoms with Crippen LogP contribution in [0.5, 0.6) is 69.0 Å². The number of hydrogen-bond acceptors (Lipinski definition) is 17. The molecule has 0 fully saturated rings. The van der Waals surface area contributed by atoms with Crippen molar-refractivity contribution in [3.8, 4) is 69.0 Å². The molecule has 0 heterocycles. The second-order valence-corrected chi connectivity index (χ2v) is 31.1. The minimum atomic E-state index is -0.595. The second-order valence-electron chi connectivity index (χ2n) is 31.1. The van der Waals surface area contributed by atoms with Crippen molar-refractivity contribution in [1.29, 1.82) is 0 Å². The van der Waals surface area contributed by atoms with Crippen LogP contribution in [0.3, 0.4) is 0 Å². The molecule has 0 saturated carbocycles. The number of unbranched alkanes of at least 4 members (excludes halogenated alkanes) is 34. The summed E-state index contributed by atoms with van der Waals surface area (Å²) >= 11 is 0. The lowest BCUT2D eigenvalue weighted by atomic mass is 9.82. The third kappa shape index (κ3) is 30.8. The van der Waals surface area contributed by atoms with Crippen LogP contribution in [0.25, 0.3) is 0 Å². The maximum atomic E-state index is 16.0. The van der Waals surface area contributed by atoms with Gasteiger partial charge in [-0.15, -0.1) is 0 Å². The molecule has 2 aliphatic carbocycles. The third-order valence-corrected chi connectivity index (χ3v) is 21.2. The summed E-state index contributed by atoms with van der Waals surface area (Å²) in [7, 11) is 0. The largest absolute Gasteiger partial charge is 0.490 e. The minimum absolute atomic E-state index is 0.00153. The van der Waals surface area contributed by atoms with Gasteiger partial charge in [-0.3, -0.25) is 24.0 Å². The molecule has 0 aliphatic heterocycles. The molecule has 0 amide bonds. The van der Waals surface area contributed by atoms with E-state index in [1.54, 1.807) is 24.3 Å². The molecule has 634 valence electrons. The monoisotopic (exact) mass is 1570 g/mol. The molecular formula is C96H148O17. The van der Waals surface area contributed by atoms with Gasteiger partial charge in [0, 0.05) is 28.7 Å². The van der Waals surface area contributed by atoms with E-state index in [2.05, 4.69) is 62.3 Å². The van der Waals surface area contributed by atoms with E-state index in [1.807, 2.05) is 6.92 Å². The number of ether oxygens (including phenoxy) is 12. The minimum Gasteiger partial charge on any atom is -0.490 e. The summed E-state index contributed by atoms with van der Waals surface area (Å²) in [5.74, 6) is 0.404. The van der Waals surface area contributed by atoms with Gasteiger partial charge in [0.25, 0.3) is 0 Å². The fourth-order valence-electron chi connectivity index (χ4n) is 14.3. The van der Waals surface area contributed by atoms with E-state index in [-0.39, 0.29) is 123 Å². The van der Waals surface area contributed by atoms with Crippen molar-refractivity contribution < 1.29 is 80.8 Å². The molecule has 0 radical (unpaired) electrons. The van der Waals surface area contributed by atoms with E-state index in [1.165, 1.54) is 44.9 Å². The van der Waals surface area contributed by atoms with Gasteiger partial charge in [-0.2, -0.15) is 0 Å². The predicted octanol–water partition coefficient (Wildman–Crippen LogP) is 26.2. The Hall–Kier alpha value is -7.17. The molecule has 0 saturated heterocycles. The summed E-state index contributed by atoms with van der Waals surface area (Å²) in [6.45, 7) is 25.0. The van der Waals surface area contributed by atoms with Crippen molar-refractivity contribution in [2.75, 3.05) is 72.7 Å². The van der Waals surface area contributed by atoms with E-state index in [4.69, 9.17) is 56.8 Å². The lowest BCUT2D eigenvalue weighted by molar-refractivity contribution is -0.134. The fourth-order valence-corrected chi connectivity index (χ4v) is 14.3. The summed E-state index contributed by atoms with van der Waals surface area (Å²) in [6, 6.07) is 6.57. The lowest BCUT2D eigenvalue weighted by Gasteiger charge is -2.27. The van der Waals surface area contributed by atoms with Gasteiger partial charge < -0.3 is 56.8 Å². The van der Waals surface area contributed by atoms with Gasteiger partial charge in [0.2, 0.25) is 23.0 Å². The number of hydrogen-bond donors (Lipinski definition) is 0. The molecule has 4 aromatic rings. The van der Waals surface area contributed by atoms with E-state index in [9.17, 15) is 4.79 Å². The number of fused-ring (bicyclic) bond motifs is 4. The highest BCUT2D eigenvalue weighted by Crippen LogP contribution is 2.54. The SMILES string of the molecule is CCCCCCCCOc1cc2c(c(OCCCCCCCC)c1OCCCCCCCC)C(=O)c1cc(OCCCCCCCC)c(OCCCCCCCC)c(OCCCCCCCC(=O)Oc3c(OCCCC)c(OCCCC)cc4c3C(=O)c3cc(OCCCC)c(OCCCC)c(OCCCC)c3C4=O)c1C2=O. The van der Waals surface area contributed by atoms with Crippen LogP contribution < -0.4 is 56.8 Å². The molecule has 0 spiro atoms. The zero-order chi connectivity index (χ0) is 81.1. The number of carbonyl (C=O) groups is 5. The van der Waals surface area contributed by atoms with Crippen LogP contribution in [0.15, 0.2) is 24.3 Å². The van der Waals surface area contributed by atoms with Gasteiger partial charge >= 0.3 is 5.97 Å². The average molecular weight is 1570 g/mol. The van der Waals surface area contributed by atoms with Crippen molar-refractivity contribution in [3.63, 3.8) is 0 Å².